The fourth-order valence-electron chi connectivity index (χ4n) is 2.76. The van der Waals surface area contributed by atoms with Gasteiger partial charge in [0, 0.05) is 12.1 Å². The molecule has 0 aliphatic carbocycles. The van der Waals surface area contributed by atoms with Gasteiger partial charge in [-0.25, -0.2) is 9.78 Å². The summed E-state index contributed by atoms with van der Waals surface area (Å²) in [5, 5.41) is 0. The average molecular weight is 315 g/mol. The first-order valence-electron chi connectivity index (χ1n) is 7.32. The Balaban J connectivity index is 2.03. The number of nitrogens with two attached hydrogens (primary N) is 1. The first-order valence-corrected chi connectivity index (χ1v) is 7.32. The minimum absolute atomic E-state index is 0.0275. The molecule has 1 unspecified atom stereocenters. The van der Waals surface area contributed by atoms with Crippen molar-refractivity contribution in [2.24, 2.45) is 5.73 Å². The minimum Gasteiger partial charge on any atom is -0.467 e. The highest BCUT2D eigenvalue weighted by Crippen LogP contribution is 2.33. The van der Waals surface area contributed by atoms with E-state index in [1.54, 1.807) is 4.90 Å². The third kappa shape index (κ3) is 2.77. The van der Waals surface area contributed by atoms with Crippen LogP contribution < -0.4 is 10.6 Å². The van der Waals surface area contributed by atoms with Gasteiger partial charge in [-0.15, -0.1) is 0 Å². The molecular weight excluding hydrogens is 298 g/mol. The molecule has 0 radical (unpaired) electrons. The smallest absolute Gasteiger partial charge is 0.328 e. The zero-order chi connectivity index (χ0) is 16.4. The van der Waals surface area contributed by atoms with E-state index in [0.717, 1.165) is 12.0 Å². The number of hydrogen-bond donors (Lipinski definition) is 1. The maximum Gasteiger partial charge on any atom is 0.328 e. The van der Waals surface area contributed by atoms with Gasteiger partial charge in [-0.2, -0.15) is 0 Å². The van der Waals surface area contributed by atoms with Gasteiger partial charge in [-0.1, -0.05) is 18.2 Å². The molecule has 23 heavy (non-hydrogen) atoms. The van der Waals surface area contributed by atoms with Crippen molar-refractivity contribution in [3.8, 4) is 11.5 Å². The Labute approximate surface area is 133 Å². The lowest BCUT2D eigenvalue weighted by Gasteiger charge is -2.22. The zero-order valence-electron chi connectivity index (χ0n) is 12.7. The number of ether oxygens (including phenoxy) is 1. The number of anilines is 1. The van der Waals surface area contributed by atoms with Gasteiger partial charge in [0.05, 0.1) is 7.11 Å². The number of nitrogens with zero attached hydrogens (tertiary/aromatic N) is 2. The molecule has 2 heterocycles. The standard InChI is InChI=1S/C16H17N3O4/c1-22-16(21)11-8-5-9-19(11)15-12(13(17)20)18-14(23-15)10-6-3-2-4-7-10/h2-4,6-7,11H,5,8-9H2,1H3,(H2,17,20). The van der Waals surface area contributed by atoms with Crippen molar-refractivity contribution in [1.29, 1.82) is 0 Å². The summed E-state index contributed by atoms with van der Waals surface area (Å²) in [7, 11) is 1.34. The van der Waals surface area contributed by atoms with Gasteiger partial charge in [-0.3, -0.25) is 4.79 Å². The summed E-state index contributed by atoms with van der Waals surface area (Å²) in [5.74, 6) is -0.536. The molecule has 120 valence electrons. The number of carbonyl (C=O) groups excluding carboxylic acids is 2. The topological polar surface area (TPSA) is 98.7 Å². The van der Waals surface area contributed by atoms with Crippen LogP contribution in [-0.4, -0.2) is 36.6 Å². The second-order valence-electron chi connectivity index (χ2n) is 5.28. The number of esters is 1. The van der Waals surface area contributed by atoms with Crippen molar-refractivity contribution >= 4 is 17.8 Å². The molecule has 7 heteroatoms. The molecule has 7 nitrogen and oxygen atoms in total. The van der Waals surface area contributed by atoms with Crippen LogP contribution >= 0.6 is 0 Å². The summed E-state index contributed by atoms with van der Waals surface area (Å²) in [6.07, 6.45) is 1.42. The number of rotatable bonds is 4. The number of amides is 1. The third-order valence-electron chi connectivity index (χ3n) is 3.85. The summed E-state index contributed by atoms with van der Waals surface area (Å²) in [6.45, 7) is 0.573. The number of aromatic nitrogens is 1. The lowest BCUT2D eigenvalue weighted by Crippen LogP contribution is -2.37. The molecule has 0 bridgehead atoms. The first-order chi connectivity index (χ1) is 11.1. The average Bonchev–Trinajstić information content (AvgIpc) is 3.21. The van der Waals surface area contributed by atoms with E-state index in [1.165, 1.54) is 7.11 Å². The molecule has 1 aromatic carbocycles. The van der Waals surface area contributed by atoms with Gasteiger partial charge in [-0.05, 0) is 25.0 Å². The molecule has 1 atom stereocenters. The summed E-state index contributed by atoms with van der Waals surface area (Å²) < 4.78 is 10.6. The summed E-state index contributed by atoms with van der Waals surface area (Å²) >= 11 is 0. The van der Waals surface area contributed by atoms with Crippen molar-refractivity contribution in [3.05, 3.63) is 36.0 Å². The van der Waals surface area contributed by atoms with Crippen molar-refractivity contribution in [1.82, 2.24) is 4.98 Å². The minimum atomic E-state index is -0.693. The predicted octanol–water partition coefficient (Wildman–Crippen LogP) is 1.58. The largest absolute Gasteiger partial charge is 0.467 e. The molecule has 0 spiro atoms. The summed E-state index contributed by atoms with van der Waals surface area (Å²) in [4.78, 5) is 29.5. The van der Waals surface area contributed by atoms with Gasteiger partial charge in [0.15, 0.2) is 5.69 Å². The van der Waals surface area contributed by atoms with Crippen LogP contribution in [0.3, 0.4) is 0 Å². The van der Waals surface area contributed by atoms with Gasteiger partial charge in [0.2, 0.25) is 11.8 Å². The SMILES string of the molecule is COC(=O)C1CCCN1c1oc(-c2ccccc2)nc1C(N)=O. The van der Waals surface area contributed by atoms with Crippen LogP contribution in [0.25, 0.3) is 11.5 Å². The molecule has 1 aromatic heterocycles. The Morgan fingerprint density at radius 3 is 2.74 bits per heavy atom. The lowest BCUT2D eigenvalue weighted by atomic mass is 10.2. The molecule has 3 rings (SSSR count). The van der Waals surface area contributed by atoms with Crippen molar-refractivity contribution in [3.63, 3.8) is 0 Å². The Morgan fingerprint density at radius 2 is 2.09 bits per heavy atom. The molecule has 1 saturated heterocycles. The maximum atomic E-state index is 11.9. The van der Waals surface area contributed by atoms with E-state index in [2.05, 4.69) is 4.98 Å². The first kappa shape index (κ1) is 15.1. The van der Waals surface area contributed by atoms with E-state index < -0.39 is 11.9 Å². The van der Waals surface area contributed by atoms with Gasteiger partial charge < -0.3 is 19.8 Å². The van der Waals surface area contributed by atoms with E-state index in [1.807, 2.05) is 30.3 Å². The Kier molecular flexibility index (Phi) is 4.01. The molecule has 1 fully saturated rings. The predicted molar refractivity (Wildman–Crippen MR) is 82.8 cm³/mol. The molecule has 1 aliphatic rings. The van der Waals surface area contributed by atoms with Crippen LogP contribution in [0.5, 0.6) is 0 Å². The Bertz CT molecular complexity index is 726. The highest BCUT2D eigenvalue weighted by atomic mass is 16.5. The molecular formula is C16H17N3O4. The quantitative estimate of drug-likeness (QED) is 0.860. The zero-order valence-corrected chi connectivity index (χ0v) is 12.7. The highest BCUT2D eigenvalue weighted by Gasteiger charge is 2.36. The van der Waals surface area contributed by atoms with E-state index in [9.17, 15) is 9.59 Å². The van der Waals surface area contributed by atoms with Gasteiger partial charge >= 0.3 is 5.97 Å². The second-order valence-corrected chi connectivity index (χ2v) is 5.28. The van der Waals surface area contributed by atoms with Crippen LogP contribution in [0.15, 0.2) is 34.7 Å². The van der Waals surface area contributed by atoms with Crippen LogP contribution in [0.2, 0.25) is 0 Å². The third-order valence-corrected chi connectivity index (χ3v) is 3.85. The summed E-state index contributed by atoms with van der Waals surface area (Å²) in [5.41, 5.74) is 6.18. The Morgan fingerprint density at radius 1 is 1.35 bits per heavy atom. The van der Waals surface area contributed by atoms with E-state index in [0.29, 0.717) is 18.9 Å². The number of methoxy groups -OCH3 is 1. The van der Waals surface area contributed by atoms with Crippen LogP contribution in [0.1, 0.15) is 23.3 Å². The fourth-order valence-corrected chi connectivity index (χ4v) is 2.76. The van der Waals surface area contributed by atoms with E-state index in [4.69, 9.17) is 14.9 Å². The summed E-state index contributed by atoms with van der Waals surface area (Å²) in [6, 6.07) is 8.71. The molecule has 2 aromatic rings. The lowest BCUT2D eigenvalue weighted by molar-refractivity contribution is -0.142. The second kappa shape index (κ2) is 6.12. The van der Waals surface area contributed by atoms with E-state index in [-0.39, 0.29) is 17.5 Å². The Hall–Kier alpha value is -2.83. The highest BCUT2D eigenvalue weighted by molar-refractivity contribution is 5.97. The number of benzene rings is 1. The maximum absolute atomic E-state index is 11.9. The van der Waals surface area contributed by atoms with Crippen LogP contribution in [-0.2, 0) is 9.53 Å². The van der Waals surface area contributed by atoms with E-state index >= 15 is 0 Å². The molecule has 2 N–H and O–H groups in total. The van der Waals surface area contributed by atoms with Gasteiger partial charge in [0.25, 0.3) is 5.91 Å². The van der Waals surface area contributed by atoms with Crippen molar-refractivity contribution < 1.29 is 18.7 Å². The molecule has 1 amide bonds. The van der Waals surface area contributed by atoms with Crippen LogP contribution in [0.4, 0.5) is 5.88 Å². The molecule has 1 aliphatic heterocycles. The van der Waals surface area contributed by atoms with Crippen molar-refractivity contribution in [2.45, 2.75) is 18.9 Å². The number of carbonyl (C=O) groups is 2. The molecule has 0 saturated carbocycles. The van der Waals surface area contributed by atoms with Gasteiger partial charge in [0.1, 0.15) is 6.04 Å². The normalized spacial score (nSPS) is 17.3. The number of primary amides is 1. The van der Waals surface area contributed by atoms with Crippen molar-refractivity contribution in [2.75, 3.05) is 18.6 Å². The fraction of sp³-hybridized carbons (Fsp3) is 0.312. The monoisotopic (exact) mass is 315 g/mol. The number of oxazole rings is 1. The van der Waals surface area contributed by atoms with Crippen LogP contribution in [0, 0.1) is 0 Å². The number of hydrogen-bond acceptors (Lipinski definition) is 6.